The van der Waals surface area contributed by atoms with Crippen molar-refractivity contribution < 1.29 is 14.7 Å². The van der Waals surface area contributed by atoms with Crippen molar-refractivity contribution in [2.75, 3.05) is 26.2 Å². The van der Waals surface area contributed by atoms with E-state index in [1.54, 1.807) is 11.0 Å². The van der Waals surface area contributed by atoms with Gasteiger partial charge in [0.15, 0.2) is 0 Å². The normalized spacial score (nSPS) is 33.2. The van der Waals surface area contributed by atoms with E-state index in [-0.39, 0.29) is 17.1 Å². The summed E-state index contributed by atoms with van der Waals surface area (Å²) in [4.78, 5) is 30.3. The molecule has 6 rings (SSSR count). The van der Waals surface area contributed by atoms with E-state index < -0.39 is 0 Å². The van der Waals surface area contributed by atoms with Gasteiger partial charge < -0.3 is 14.9 Å². The lowest BCUT2D eigenvalue weighted by Gasteiger charge is -2.57. The molecule has 1 N–H and O–H groups in total. The highest BCUT2D eigenvalue weighted by molar-refractivity contribution is 5.97. The van der Waals surface area contributed by atoms with E-state index in [1.807, 2.05) is 24.8 Å². The maximum atomic E-state index is 13.5. The highest BCUT2D eigenvalue weighted by Crippen LogP contribution is 2.60. The number of carbonyl (C=O) groups is 2. The standard InChI is InChI=1S/C24H32N2O3/c1-15-3-4-20(21(27)16(15)2)22(28)25-5-7-26(8-6-25)23(29)24-12-17-9-18(13-24)11-19(10-17)14-24/h3-4,17-19,27H,5-14H2,1-2H3. The second-order valence-corrected chi connectivity index (χ2v) is 10.2. The maximum absolute atomic E-state index is 13.5. The molecule has 5 heteroatoms. The molecule has 1 aromatic rings. The first-order chi connectivity index (χ1) is 13.9. The van der Waals surface area contributed by atoms with E-state index in [2.05, 4.69) is 0 Å². The van der Waals surface area contributed by atoms with E-state index in [9.17, 15) is 14.7 Å². The summed E-state index contributed by atoms with van der Waals surface area (Å²) in [5.41, 5.74) is 2.00. The van der Waals surface area contributed by atoms with Crippen molar-refractivity contribution in [1.82, 2.24) is 9.80 Å². The molecule has 0 aromatic heterocycles. The number of hydrogen-bond acceptors (Lipinski definition) is 3. The summed E-state index contributed by atoms with van der Waals surface area (Å²) in [6.45, 7) is 6.07. The number of benzene rings is 1. The molecule has 1 heterocycles. The largest absolute Gasteiger partial charge is 0.507 e. The van der Waals surface area contributed by atoms with Gasteiger partial charge in [0, 0.05) is 26.2 Å². The first-order valence-electron chi connectivity index (χ1n) is 11.2. The maximum Gasteiger partial charge on any atom is 0.257 e. The third-order valence-corrected chi connectivity index (χ3v) is 8.28. The van der Waals surface area contributed by atoms with Gasteiger partial charge in [0.25, 0.3) is 5.91 Å². The Hall–Kier alpha value is -2.04. The Bertz CT molecular complexity index is 819. The fraction of sp³-hybridized carbons (Fsp3) is 0.667. The van der Waals surface area contributed by atoms with Crippen molar-refractivity contribution >= 4 is 11.8 Å². The quantitative estimate of drug-likeness (QED) is 0.832. The molecule has 2 amide bonds. The highest BCUT2D eigenvalue weighted by atomic mass is 16.3. The van der Waals surface area contributed by atoms with Gasteiger partial charge in [-0.05, 0) is 87.3 Å². The van der Waals surface area contributed by atoms with Crippen LogP contribution in [0.25, 0.3) is 0 Å². The van der Waals surface area contributed by atoms with Crippen LogP contribution in [0.15, 0.2) is 12.1 Å². The molecule has 5 nitrogen and oxygen atoms in total. The number of aryl methyl sites for hydroxylation is 1. The molecule has 156 valence electrons. The first kappa shape index (κ1) is 19.0. The fourth-order valence-electron chi connectivity index (χ4n) is 6.96. The summed E-state index contributed by atoms with van der Waals surface area (Å²) >= 11 is 0. The lowest BCUT2D eigenvalue weighted by molar-refractivity contribution is -0.159. The third kappa shape index (κ3) is 3.04. The predicted octanol–water partition coefficient (Wildman–Crippen LogP) is 3.51. The number of hydrogen-bond donors (Lipinski definition) is 1. The summed E-state index contributed by atoms with van der Waals surface area (Å²) < 4.78 is 0. The topological polar surface area (TPSA) is 60.9 Å². The van der Waals surface area contributed by atoms with Crippen LogP contribution in [0.1, 0.15) is 60.0 Å². The van der Waals surface area contributed by atoms with Gasteiger partial charge in [-0.15, -0.1) is 0 Å². The molecule has 4 aliphatic carbocycles. The van der Waals surface area contributed by atoms with Crippen molar-refractivity contribution in [2.24, 2.45) is 23.2 Å². The molecule has 1 aromatic carbocycles. The van der Waals surface area contributed by atoms with Crippen molar-refractivity contribution in [2.45, 2.75) is 52.4 Å². The third-order valence-electron chi connectivity index (χ3n) is 8.28. The van der Waals surface area contributed by atoms with E-state index in [0.29, 0.717) is 37.6 Å². The van der Waals surface area contributed by atoms with E-state index in [0.717, 1.165) is 48.1 Å². The Labute approximate surface area is 173 Å². The van der Waals surface area contributed by atoms with E-state index >= 15 is 0 Å². The van der Waals surface area contributed by atoms with Gasteiger partial charge in [0.1, 0.15) is 5.75 Å². The number of amides is 2. The predicted molar refractivity (Wildman–Crippen MR) is 111 cm³/mol. The average molecular weight is 397 g/mol. The molecule has 0 spiro atoms. The molecular formula is C24H32N2O3. The molecule has 0 radical (unpaired) electrons. The Morgan fingerprint density at radius 2 is 1.41 bits per heavy atom. The van der Waals surface area contributed by atoms with Crippen LogP contribution in [0.2, 0.25) is 0 Å². The van der Waals surface area contributed by atoms with E-state index in [4.69, 9.17) is 0 Å². The molecule has 5 aliphatic rings. The molecule has 1 aliphatic heterocycles. The van der Waals surface area contributed by atoms with Crippen LogP contribution in [0, 0.1) is 37.0 Å². The van der Waals surface area contributed by atoms with Crippen LogP contribution in [0.3, 0.4) is 0 Å². The lowest BCUT2D eigenvalue weighted by Crippen LogP contribution is -2.58. The number of phenolic OH excluding ortho intramolecular Hbond substituents is 1. The Kier molecular flexibility index (Phi) is 4.41. The highest BCUT2D eigenvalue weighted by Gasteiger charge is 2.55. The number of piperazine rings is 1. The first-order valence-corrected chi connectivity index (χ1v) is 11.2. The van der Waals surface area contributed by atoms with Gasteiger partial charge >= 0.3 is 0 Å². The van der Waals surface area contributed by atoms with Crippen molar-refractivity contribution in [3.8, 4) is 5.75 Å². The fourth-order valence-corrected chi connectivity index (χ4v) is 6.96. The zero-order valence-electron chi connectivity index (χ0n) is 17.6. The second-order valence-electron chi connectivity index (χ2n) is 10.2. The van der Waals surface area contributed by atoms with Gasteiger partial charge in [0.2, 0.25) is 5.91 Å². The van der Waals surface area contributed by atoms with Crippen LogP contribution >= 0.6 is 0 Å². The second kappa shape index (κ2) is 6.75. The van der Waals surface area contributed by atoms with Crippen LogP contribution in [-0.4, -0.2) is 52.9 Å². The number of nitrogens with zero attached hydrogens (tertiary/aromatic N) is 2. The Morgan fingerprint density at radius 1 is 0.897 bits per heavy atom. The number of rotatable bonds is 2. The molecule has 29 heavy (non-hydrogen) atoms. The van der Waals surface area contributed by atoms with E-state index in [1.165, 1.54) is 19.3 Å². The lowest BCUT2D eigenvalue weighted by atomic mass is 9.49. The SMILES string of the molecule is Cc1ccc(C(=O)N2CCN(C(=O)C34CC5CC(CC(C5)C3)C4)CC2)c(O)c1C. The van der Waals surface area contributed by atoms with Gasteiger partial charge in [-0.2, -0.15) is 0 Å². The summed E-state index contributed by atoms with van der Waals surface area (Å²) in [6, 6.07) is 3.60. The van der Waals surface area contributed by atoms with Crippen molar-refractivity contribution in [1.29, 1.82) is 0 Å². The molecular weight excluding hydrogens is 364 g/mol. The minimum absolute atomic E-state index is 0.0853. The number of carbonyl (C=O) groups excluding carboxylic acids is 2. The molecule has 0 unspecified atom stereocenters. The zero-order chi connectivity index (χ0) is 20.3. The van der Waals surface area contributed by atoms with Crippen LogP contribution in [-0.2, 0) is 4.79 Å². The Balaban J connectivity index is 1.26. The van der Waals surface area contributed by atoms with Gasteiger partial charge in [-0.25, -0.2) is 0 Å². The van der Waals surface area contributed by atoms with Crippen molar-refractivity contribution in [3.63, 3.8) is 0 Å². The van der Waals surface area contributed by atoms with Crippen LogP contribution < -0.4 is 0 Å². The van der Waals surface area contributed by atoms with Gasteiger partial charge in [-0.3, -0.25) is 9.59 Å². The molecule has 1 saturated heterocycles. The molecule has 4 saturated carbocycles. The van der Waals surface area contributed by atoms with Gasteiger partial charge in [0.05, 0.1) is 11.0 Å². The molecule has 5 fully saturated rings. The minimum atomic E-state index is -0.132. The average Bonchev–Trinajstić information content (AvgIpc) is 2.70. The summed E-state index contributed by atoms with van der Waals surface area (Å²) in [5, 5.41) is 10.4. The number of phenols is 1. The summed E-state index contributed by atoms with van der Waals surface area (Å²) in [6.07, 6.45) is 7.30. The van der Waals surface area contributed by atoms with Gasteiger partial charge in [-0.1, -0.05) is 6.07 Å². The molecule has 0 atom stereocenters. The van der Waals surface area contributed by atoms with Crippen LogP contribution in [0.5, 0.6) is 5.75 Å². The minimum Gasteiger partial charge on any atom is -0.507 e. The van der Waals surface area contributed by atoms with Crippen molar-refractivity contribution in [3.05, 3.63) is 28.8 Å². The zero-order valence-corrected chi connectivity index (χ0v) is 17.6. The smallest absolute Gasteiger partial charge is 0.257 e. The summed E-state index contributed by atoms with van der Waals surface area (Å²) in [5.74, 6) is 2.61. The summed E-state index contributed by atoms with van der Waals surface area (Å²) in [7, 11) is 0. The number of aromatic hydroxyl groups is 1. The Morgan fingerprint density at radius 3 is 1.97 bits per heavy atom. The molecule has 4 bridgehead atoms. The monoisotopic (exact) mass is 396 g/mol. The van der Waals surface area contributed by atoms with Crippen LogP contribution in [0.4, 0.5) is 0 Å².